The highest BCUT2D eigenvalue weighted by atomic mass is 35.5. The van der Waals surface area contributed by atoms with E-state index in [0.717, 1.165) is 5.56 Å². The molecule has 0 fully saturated rings. The Hall–Kier alpha value is -2.53. The lowest BCUT2D eigenvalue weighted by Gasteiger charge is -2.22. The maximum atomic E-state index is 12.3. The average molecular weight is 361 g/mol. The van der Waals surface area contributed by atoms with Gasteiger partial charge in [0.15, 0.2) is 0 Å². The number of amides is 2. The molecular formula is C19H21ClN2O3. The Morgan fingerprint density at radius 1 is 1.20 bits per heavy atom. The van der Waals surface area contributed by atoms with Gasteiger partial charge in [-0.25, -0.2) is 0 Å². The van der Waals surface area contributed by atoms with Gasteiger partial charge in [-0.3, -0.25) is 9.59 Å². The number of halogens is 1. The lowest BCUT2D eigenvalue weighted by molar-refractivity contribution is -0.117. The van der Waals surface area contributed by atoms with E-state index in [9.17, 15) is 9.59 Å². The fourth-order valence-electron chi connectivity index (χ4n) is 2.46. The minimum Gasteiger partial charge on any atom is -0.495 e. The molecule has 2 rings (SSSR count). The molecule has 0 aliphatic heterocycles. The van der Waals surface area contributed by atoms with Crippen LogP contribution in [0.5, 0.6) is 5.75 Å². The first-order chi connectivity index (χ1) is 11.9. The smallest absolute Gasteiger partial charge is 0.226 e. The van der Waals surface area contributed by atoms with Crippen LogP contribution in [-0.4, -0.2) is 25.5 Å². The van der Waals surface area contributed by atoms with Crippen LogP contribution >= 0.6 is 11.6 Å². The van der Waals surface area contributed by atoms with Crippen molar-refractivity contribution in [3.8, 4) is 5.75 Å². The Balaban J connectivity index is 2.06. The lowest BCUT2D eigenvalue weighted by Crippen LogP contribution is -2.32. The third kappa shape index (κ3) is 4.97. The lowest BCUT2D eigenvalue weighted by atomic mass is 10.2. The zero-order valence-corrected chi connectivity index (χ0v) is 15.3. The highest BCUT2D eigenvalue weighted by molar-refractivity contribution is 6.33. The zero-order valence-electron chi connectivity index (χ0n) is 14.5. The average Bonchev–Trinajstić information content (AvgIpc) is 2.56. The van der Waals surface area contributed by atoms with Crippen LogP contribution in [0.25, 0.3) is 0 Å². The van der Waals surface area contributed by atoms with Crippen molar-refractivity contribution in [1.29, 1.82) is 0 Å². The Labute approximate surface area is 152 Å². The van der Waals surface area contributed by atoms with Gasteiger partial charge in [0, 0.05) is 19.9 Å². The Bertz CT molecular complexity index is 777. The molecule has 0 atom stereocenters. The van der Waals surface area contributed by atoms with Crippen LogP contribution < -0.4 is 15.0 Å². The van der Waals surface area contributed by atoms with E-state index in [-0.39, 0.29) is 24.8 Å². The van der Waals surface area contributed by atoms with Gasteiger partial charge in [-0.15, -0.1) is 0 Å². The second-order valence-corrected chi connectivity index (χ2v) is 6.03. The number of methoxy groups -OCH3 is 1. The summed E-state index contributed by atoms with van der Waals surface area (Å²) < 4.78 is 5.25. The predicted octanol–water partition coefficient (Wildman–Crippen LogP) is 4.04. The fraction of sp³-hybridized carbons (Fsp3) is 0.263. The van der Waals surface area contributed by atoms with E-state index in [1.807, 2.05) is 19.1 Å². The molecule has 0 heterocycles. The van der Waals surface area contributed by atoms with Crippen molar-refractivity contribution in [1.82, 2.24) is 0 Å². The molecule has 2 amide bonds. The largest absolute Gasteiger partial charge is 0.495 e. The van der Waals surface area contributed by atoms with Gasteiger partial charge in [-0.05, 0) is 36.8 Å². The molecule has 0 aliphatic carbocycles. The molecule has 0 aliphatic rings. The number of benzene rings is 2. The number of carbonyl (C=O) groups excluding carboxylic acids is 2. The van der Waals surface area contributed by atoms with Crippen LogP contribution in [0.3, 0.4) is 0 Å². The third-order valence-electron chi connectivity index (χ3n) is 3.71. The van der Waals surface area contributed by atoms with E-state index < -0.39 is 0 Å². The molecule has 0 saturated carbocycles. The first-order valence-electron chi connectivity index (χ1n) is 7.89. The van der Waals surface area contributed by atoms with Gasteiger partial charge in [-0.2, -0.15) is 0 Å². The van der Waals surface area contributed by atoms with Gasteiger partial charge in [0.05, 0.1) is 23.5 Å². The Morgan fingerprint density at radius 3 is 2.56 bits per heavy atom. The molecule has 6 heteroatoms. The summed E-state index contributed by atoms with van der Waals surface area (Å²) in [5, 5.41) is 3.30. The summed E-state index contributed by atoms with van der Waals surface area (Å²) in [6.45, 7) is 3.62. The number of nitrogens with one attached hydrogen (secondary N) is 1. The van der Waals surface area contributed by atoms with E-state index in [0.29, 0.717) is 22.1 Å². The molecule has 25 heavy (non-hydrogen) atoms. The number of para-hydroxylation sites is 1. The van der Waals surface area contributed by atoms with Crippen molar-refractivity contribution >= 4 is 34.8 Å². The number of anilines is 2. The van der Waals surface area contributed by atoms with E-state index in [4.69, 9.17) is 16.3 Å². The molecule has 0 unspecified atom stereocenters. The molecule has 0 radical (unpaired) electrons. The van der Waals surface area contributed by atoms with Crippen molar-refractivity contribution in [2.24, 2.45) is 0 Å². The molecule has 0 aromatic heterocycles. The SMILES string of the molecule is COc1ccc(C)cc1NC(=O)CCN(C(C)=O)c1ccccc1Cl. The third-order valence-corrected chi connectivity index (χ3v) is 4.03. The number of aryl methyl sites for hydroxylation is 1. The standard InChI is InChI=1S/C19H21ClN2O3/c1-13-8-9-18(25-3)16(12-13)21-19(24)10-11-22(14(2)23)17-7-5-4-6-15(17)20/h4-9,12H,10-11H2,1-3H3,(H,21,24). The van der Waals surface area contributed by atoms with Gasteiger partial charge < -0.3 is 15.0 Å². The van der Waals surface area contributed by atoms with E-state index in [2.05, 4.69) is 5.32 Å². The first kappa shape index (κ1) is 18.8. The molecule has 0 saturated heterocycles. The maximum Gasteiger partial charge on any atom is 0.226 e. The number of nitrogens with zero attached hydrogens (tertiary/aromatic N) is 1. The predicted molar refractivity (Wildman–Crippen MR) is 100 cm³/mol. The van der Waals surface area contributed by atoms with Gasteiger partial charge in [0.2, 0.25) is 11.8 Å². The maximum absolute atomic E-state index is 12.3. The van der Waals surface area contributed by atoms with Crippen LogP contribution in [0.15, 0.2) is 42.5 Å². The molecule has 2 aromatic rings. The highest BCUT2D eigenvalue weighted by Gasteiger charge is 2.16. The minimum atomic E-state index is -0.206. The van der Waals surface area contributed by atoms with Crippen molar-refractivity contribution in [3.05, 3.63) is 53.1 Å². The minimum absolute atomic E-state index is 0.141. The summed E-state index contributed by atoms with van der Waals surface area (Å²) in [5.41, 5.74) is 2.22. The quantitative estimate of drug-likeness (QED) is 0.845. The van der Waals surface area contributed by atoms with Gasteiger partial charge in [0.1, 0.15) is 5.75 Å². The molecule has 1 N–H and O–H groups in total. The number of hydrogen-bond donors (Lipinski definition) is 1. The number of hydrogen-bond acceptors (Lipinski definition) is 3. The summed E-state index contributed by atoms with van der Waals surface area (Å²) in [5.74, 6) is 0.213. The highest BCUT2D eigenvalue weighted by Crippen LogP contribution is 2.27. The summed E-state index contributed by atoms with van der Waals surface area (Å²) in [6, 6.07) is 12.6. The topological polar surface area (TPSA) is 58.6 Å². The summed E-state index contributed by atoms with van der Waals surface area (Å²) >= 11 is 6.15. The molecule has 5 nitrogen and oxygen atoms in total. The number of rotatable bonds is 6. The molecule has 0 bridgehead atoms. The van der Waals surface area contributed by atoms with Gasteiger partial charge >= 0.3 is 0 Å². The first-order valence-corrected chi connectivity index (χ1v) is 8.27. The molecule has 0 spiro atoms. The van der Waals surface area contributed by atoms with E-state index >= 15 is 0 Å². The normalized spacial score (nSPS) is 10.2. The van der Waals surface area contributed by atoms with Gasteiger partial charge in [-0.1, -0.05) is 29.8 Å². The van der Waals surface area contributed by atoms with Crippen LogP contribution in [0, 0.1) is 6.92 Å². The van der Waals surface area contributed by atoms with Crippen LogP contribution in [0.1, 0.15) is 18.9 Å². The van der Waals surface area contributed by atoms with Crippen molar-refractivity contribution in [2.75, 3.05) is 23.9 Å². The monoisotopic (exact) mass is 360 g/mol. The van der Waals surface area contributed by atoms with Crippen LogP contribution in [-0.2, 0) is 9.59 Å². The van der Waals surface area contributed by atoms with Crippen molar-refractivity contribution in [3.63, 3.8) is 0 Å². The van der Waals surface area contributed by atoms with Crippen molar-refractivity contribution in [2.45, 2.75) is 20.3 Å². The zero-order chi connectivity index (χ0) is 18.4. The Kier molecular flexibility index (Phi) is 6.42. The Morgan fingerprint density at radius 2 is 1.92 bits per heavy atom. The van der Waals surface area contributed by atoms with Crippen LogP contribution in [0.4, 0.5) is 11.4 Å². The number of ether oxygens (including phenoxy) is 1. The van der Waals surface area contributed by atoms with Crippen LogP contribution in [0.2, 0.25) is 5.02 Å². The van der Waals surface area contributed by atoms with Crippen molar-refractivity contribution < 1.29 is 14.3 Å². The summed E-state index contributed by atoms with van der Waals surface area (Å²) in [4.78, 5) is 25.7. The fourth-order valence-corrected chi connectivity index (χ4v) is 2.70. The van der Waals surface area contributed by atoms with E-state index in [1.165, 1.54) is 11.8 Å². The second kappa shape index (κ2) is 8.53. The molecular weight excluding hydrogens is 340 g/mol. The van der Waals surface area contributed by atoms with E-state index in [1.54, 1.807) is 37.4 Å². The summed E-state index contributed by atoms with van der Waals surface area (Å²) in [6.07, 6.45) is 0.141. The molecule has 2 aromatic carbocycles. The second-order valence-electron chi connectivity index (χ2n) is 5.62. The summed E-state index contributed by atoms with van der Waals surface area (Å²) in [7, 11) is 1.55. The molecule has 132 valence electrons. The van der Waals surface area contributed by atoms with Gasteiger partial charge in [0.25, 0.3) is 0 Å². The number of carbonyl (C=O) groups is 2.